The molecule has 1 heterocycles. The summed E-state index contributed by atoms with van der Waals surface area (Å²) >= 11 is 0. The highest BCUT2D eigenvalue weighted by Gasteiger charge is 2.13. The number of hydrogen-bond acceptors (Lipinski definition) is 4. The average Bonchev–Trinajstić information content (AvgIpc) is 2.85. The van der Waals surface area contributed by atoms with Gasteiger partial charge in [0.15, 0.2) is 5.82 Å². The molecule has 19 heavy (non-hydrogen) atoms. The quantitative estimate of drug-likeness (QED) is 0.877. The molecular weight excluding hydrogens is 261 g/mol. The summed E-state index contributed by atoms with van der Waals surface area (Å²) in [4.78, 5) is 3.54. The number of methoxy groups -OCH3 is 1. The Bertz CT molecular complexity index is 559. The number of aromatic nitrogens is 3. The Kier molecular flexibility index (Phi) is 3.88. The van der Waals surface area contributed by atoms with Gasteiger partial charge in [0.25, 0.3) is 6.43 Å². The molecule has 102 valence electrons. The fourth-order valence-electron chi connectivity index (χ4n) is 1.51. The van der Waals surface area contributed by atoms with Gasteiger partial charge in [-0.15, -0.1) is 5.10 Å². The minimum absolute atomic E-state index is 0.0154. The van der Waals surface area contributed by atoms with Crippen LogP contribution < -0.4 is 10.1 Å². The van der Waals surface area contributed by atoms with Crippen LogP contribution in [0, 0.1) is 5.82 Å². The molecule has 0 aliphatic heterocycles. The predicted molar refractivity (Wildman–Crippen MR) is 61.6 cm³/mol. The van der Waals surface area contributed by atoms with E-state index in [2.05, 4.69) is 20.5 Å². The van der Waals surface area contributed by atoms with Crippen LogP contribution in [0.3, 0.4) is 0 Å². The van der Waals surface area contributed by atoms with E-state index < -0.39 is 18.1 Å². The number of nitrogens with zero attached hydrogens (tertiary/aromatic N) is 2. The van der Waals surface area contributed by atoms with Gasteiger partial charge in [0, 0.05) is 12.1 Å². The molecule has 5 nitrogen and oxygen atoms in total. The van der Waals surface area contributed by atoms with E-state index in [4.69, 9.17) is 4.74 Å². The van der Waals surface area contributed by atoms with E-state index >= 15 is 0 Å². The van der Waals surface area contributed by atoms with Crippen molar-refractivity contribution in [3.05, 3.63) is 35.4 Å². The standard InChI is InChI=1S/C11H11F3N4O/c1-19-8-3-2-7(12)4-6(8)5-15-11-16-10(9(13)14)17-18-11/h2-4,9H,5H2,1H3,(H2,15,16,17,18). The molecule has 0 saturated heterocycles. The monoisotopic (exact) mass is 272 g/mol. The van der Waals surface area contributed by atoms with Gasteiger partial charge in [0.1, 0.15) is 11.6 Å². The summed E-state index contributed by atoms with van der Waals surface area (Å²) in [6.45, 7) is 0.154. The van der Waals surface area contributed by atoms with Gasteiger partial charge in [-0.05, 0) is 18.2 Å². The minimum Gasteiger partial charge on any atom is -0.496 e. The molecule has 8 heteroatoms. The van der Waals surface area contributed by atoms with Crippen LogP contribution in [-0.4, -0.2) is 22.3 Å². The maximum absolute atomic E-state index is 13.1. The Morgan fingerprint density at radius 3 is 2.84 bits per heavy atom. The molecule has 0 bridgehead atoms. The lowest BCUT2D eigenvalue weighted by Crippen LogP contribution is -2.03. The lowest BCUT2D eigenvalue weighted by molar-refractivity contribution is 0.141. The van der Waals surface area contributed by atoms with Gasteiger partial charge in [0.2, 0.25) is 5.95 Å². The number of halogens is 3. The molecule has 2 N–H and O–H groups in total. The SMILES string of the molecule is COc1ccc(F)cc1CNc1n[nH]c(C(F)F)n1. The molecule has 0 saturated carbocycles. The molecule has 1 aromatic heterocycles. The molecule has 2 aromatic rings. The summed E-state index contributed by atoms with van der Waals surface area (Å²) < 4.78 is 42.7. The van der Waals surface area contributed by atoms with Crippen LogP contribution in [0.5, 0.6) is 5.75 Å². The molecule has 0 atom stereocenters. The van der Waals surface area contributed by atoms with E-state index in [0.717, 1.165) is 0 Å². The Morgan fingerprint density at radius 2 is 2.21 bits per heavy atom. The van der Waals surface area contributed by atoms with Crippen LogP contribution in [-0.2, 0) is 6.54 Å². The molecule has 0 fully saturated rings. The lowest BCUT2D eigenvalue weighted by atomic mass is 10.2. The third kappa shape index (κ3) is 3.15. The van der Waals surface area contributed by atoms with Gasteiger partial charge in [-0.3, -0.25) is 5.10 Å². The van der Waals surface area contributed by atoms with Crippen LogP contribution in [0.25, 0.3) is 0 Å². The normalized spacial score (nSPS) is 10.8. The number of aromatic amines is 1. The first kappa shape index (κ1) is 13.2. The molecule has 0 amide bonds. The van der Waals surface area contributed by atoms with E-state index in [9.17, 15) is 13.2 Å². The number of ether oxygens (including phenoxy) is 1. The van der Waals surface area contributed by atoms with E-state index in [-0.39, 0.29) is 12.5 Å². The summed E-state index contributed by atoms with van der Waals surface area (Å²) in [5.41, 5.74) is 0.533. The zero-order chi connectivity index (χ0) is 13.8. The predicted octanol–water partition coefficient (Wildman–Crippen LogP) is 2.50. The van der Waals surface area contributed by atoms with Gasteiger partial charge in [-0.1, -0.05) is 0 Å². The molecule has 0 radical (unpaired) electrons. The van der Waals surface area contributed by atoms with E-state index in [1.54, 1.807) is 0 Å². The number of hydrogen-bond donors (Lipinski definition) is 2. The summed E-state index contributed by atoms with van der Waals surface area (Å²) in [5, 5.41) is 8.38. The van der Waals surface area contributed by atoms with Gasteiger partial charge in [0.05, 0.1) is 7.11 Å². The number of nitrogens with one attached hydrogen (secondary N) is 2. The van der Waals surface area contributed by atoms with Crippen molar-refractivity contribution in [2.75, 3.05) is 12.4 Å². The Labute approximate surface area is 106 Å². The van der Waals surface area contributed by atoms with Crippen molar-refractivity contribution in [3.8, 4) is 5.75 Å². The zero-order valence-corrected chi connectivity index (χ0v) is 9.95. The van der Waals surface area contributed by atoms with E-state index in [1.807, 2.05) is 0 Å². The fourth-order valence-corrected chi connectivity index (χ4v) is 1.51. The smallest absolute Gasteiger partial charge is 0.296 e. The zero-order valence-electron chi connectivity index (χ0n) is 9.95. The van der Waals surface area contributed by atoms with Crippen molar-refractivity contribution in [3.63, 3.8) is 0 Å². The average molecular weight is 272 g/mol. The Balaban J connectivity index is 2.07. The number of anilines is 1. The van der Waals surface area contributed by atoms with Crippen LogP contribution in [0.4, 0.5) is 19.1 Å². The van der Waals surface area contributed by atoms with Crippen molar-refractivity contribution < 1.29 is 17.9 Å². The number of H-pyrrole nitrogens is 1. The second-order valence-electron chi connectivity index (χ2n) is 3.65. The number of benzene rings is 1. The van der Waals surface area contributed by atoms with Crippen LogP contribution in [0.1, 0.15) is 17.8 Å². The van der Waals surface area contributed by atoms with Gasteiger partial charge >= 0.3 is 0 Å². The summed E-state index contributed by atoms with van der Waals surface area (Å²) in [6, 6.07) is 4.03. The molecule has 2 rings (SSSR count). The fraction of sp³-hybridized carbons (Fsp3) is 0.273. The Hall–Kier alpha value is -2.25. The van der Waals surface area contributed by atoms with Crippen molar-refractivity contribution >= 4 is 5.95 Å². The Morgan fingerprint density at radius 1 is 1.42 bits per heavy atom. The highest BCUT2D eigenvalue weighted by Crippen LogP contribution is 2.20. The summed E-state index contributed by atoms with van der Waals surface area (Å²) in [6.07, 6.45) is -2.72. The molecule has 0 aliphatic rings. The minimum atomic E-state index is -2.72. The lowest BCUT2D eigenvalue weighted by Gasteiger charge is -2.08. The highest BCUT2D eigenvalue weighted by atomic mass is 19.3. The van der Waals surface area contributed by atoms with Gasteiger partial charge < -0.3 is 10.1 Å². The van der Waals surface area contributed by atoms with Crippen LogP contribution in [0.15, 0.2) is 18.2 Å². The van der Waals surface area contributed by atoms with Crippen LogP contribution in [0.2, 0.25) is 0 Å². The van der Waals surface area contributed by atoms with Gasteiger partial charge in [-0.2, -0.15) is 4.98 Å². The maximum atomic E-state index is 13.1. The first-order chi connectivity index (χ1) is 9.10. The molecule has 0 aliphatic carbocycles. The van der Waals surface area contributed by atoms with Crippen molar-refractivity contribution in [1.29, 1.82) is 0 Å². The molecular formula is C11H11F3N4O. The van der Waals surface area contributed by atoms with Crippen molar-refractivity contribution in [2.45, 2.75) is 13.0 Å². The second-order valence-corrected chi connectivity index (χ2v) is 3.65. The van der Waals surface area contributed by atoms with Crippen molar-refractivity contribution in [2.24, 2.45) is 0 Å². The molecule has 1 aromatic carbocycles. The number of alkyl halides is 2. The van der Waals surface area contributed by atoms with Gasteiger partial charge in [-0.25, -0.2) is 13.2 Å². The van der Waals surface area contributed by atoms with E-state index in [1.165, 1.54) is 25.3 Å². The topological polar surface area (TPSA) is 62.8 Å². The number of rotatable bonds is 5. The summed E-state index contributed by atoms with van der Waals surface area (Å²) in [5.74, 6) is -0.435. The largest absolute Gasteiger partial charge is 0.496 e. The maximum Gasteiger partial charge on any atom is 0.296 e. The third-order valence-electron chi connectivity index (χ3n) is 2.39. The molecule has 0 spiro atoms. The summed E-state index contributed by atoms with van der Waals surface area (Å²) in [7, 11) is 1.46. The first-order valence-electron chi connectivity index (χ1n) is 5.37. The van der Waals surface area contributed by atoms with Crippen LogP contribution >= 0.6 is 0 Å². The third-order valence-corrected chi connectivity index (χ3v) is 2.39. The van der Waals surface area contributed by atoms with E-state index in [0.29, 0.717) is 11.3 Å². The molecule has 0 unspecified atom stereocenters. The first-order valence-corrected chi connectivity index (χ1v) is 5.37. The highest BCUT2D eigenvalue weighted by molar-refractivity contribution is 5.37. The second kappa shape index (κ2) is 5.59. The van der Waals surface area contributed by atoms with Crippen molar-refractivity contribution in [1.82, 2.24) is 15.2 Å².